The van der Waals surface area contributed by atoms with Gasteiger partial charge in [-0.2, -0.15) is 0 Å². The van der Waals surface area contributed by atoms with Gasteiger partial charge in [0.25, 0.3) is 0 Å². The fraction of sp³-hybridized carbons (Fsp3) is 0.235. The van der Waals surface area contributed by atoms with E-state index in [0.717, 1.165) is 17.0 Å². The van der Waals surface area contributed by atoms with Crippen LogP contribution >= 0.6 is 0 Å². The number of aliphatic hydroxyl groups excluding tert-OH is 1. The normalized spacial score (nSPS) is 10.1. The third-order valence-corrected chi connectivity index (χ3v) is 3.02. The molecule has 0 unspecified atom stereocenters. The molecule has 0 saturated carbocycles. The van der Waals surface area contributed by atoms with Gasteiger partial charge in [-0.25, -0.2) is 0 Å². The molecule has 22 heavy (non-hydrogen) atoms. The molecule has 0 heterocycles. The van der Waals surface area contributed by atoms with Crippen LogP contribution in [0.1, 0.15) is 12.5 Å². The Hall–Kier alpha value is -2.53. The molecule has 0 saturated heterocycles. The minimum atomic E-state index is -0.524. The summed E-state index contributed by atoms with van der Waals surface area (Å²) in [6.45, 7) is 2.76. The number of benzene rings is 2. The van der Waals surface area contributed by atoms with E-state index in [1.54, 1.807) is 6.07 Å². The number of nitrogens with one attached hydrogen (secondary N) is 2. The molecule has 2 aromatic carbocycles. The zero-order valence-corrected chi connectivity index (χ0v) is 12.5. The minimum absolute atomic E-state index is 0.427. The molecule has 5 nitrogen and oxygen atoms in total. The predicted octanol–water partition coefficient (Wildman–Crippen LogP) is 2.63. The van der Waals surface area contributed by atoms with Gasteiger partial charge in [0, 0.05) is 17.9 Å². The highest BCUT2D eigenvalue weighted by Gasteiger charge is 2.01. The van der Waals surface area contributed by atoms with Gasteiger partial charge >= 0.3 is 0 Å². The largest absolute Gasteiger partial charge is 0.494 e. The van der Waals surface area contributed by atoms with E-state index in [1.165, 1.54) is 0 Å². The highest BCUT2D eigenvalue weighted by atomic mass is 16.5. The van der Waals surface area contributed by atoms with E-state index in [2.05, 4.69) is 10.6 Å². The van der Waals surface area contributed by atoms with Crippen LogP contribution in [0.3, 0.4) is 0 Å². The van der Waals surface area contributed by atoms with Crippen LogP contribution in [0.4, 0.5) is 11.4 Å². The van der Waals surface area contributed by atoms with Crippen molar-refractivity contribution in [3.63, 3.8) is 0 Å². The molecule has 2 aromatic rings. The first-order valence-electron chi connectivity index (χ1n) is 7.17. The summed E-state index contributed by atoms with van der Waals surface area (Å²) in [5.41, 5.74) is 2.67. The van der Waals surface area contributed by atoms with Crippen molar-refractivity contribution in [3.8, 4) is 5.75 Å². The summed E-state index contributed by atoms with van der Waals surface area (Å²) in [6, 6.07) is 15.3. The van der Waals surface area contributed by atoms with Crippen LogP contribution in [0.2, 0.25) is 0 Å². The van der Waals surface area contributed by atoms with Gasteiger partial charge in [-0.15, -0.1) is 0 Å². The highest BCUT2D eigenvalue weighted by molar-refractivity contribution is 5.91. The first-order chi connectivity index (χ1) is 10.7. The lowest BCUT2D eigenvalue weighted by Crippen LogP contribution is -2.15. The van der Waals surface area contributed by atoms with Crippen LogP contribution in [-0.4, -0.2) is 24.2 Å². The number of rotatable bonds is 7. The van der Waals surface area contributed by atoms with Gasteiger partial charge in [0.2, 0.25) is 5.91 Å². The van der Waals surface area contributed by atoms with Gasteiger partial charge in [0.05, 0.1) is 6.61 Å². The number of carbonyl (C=O) groups excluding carboxylic acids is 1. The fourth-order valence-electron chi connectivity index (χ4n) is 1.98. The van der Waals surface area contributed by atoms with Crippen LogP contribution in [0.15, 0.2) is 48.5 Å². The van der Waals surface area contributed by atoms with E-state index < -0.39 is 12.5 Å². The lowest BCUT2D eigenvalue weighted by atomic mass is 10.2. The molecule has 0 atom stereocenters. The maximum atomic E-state index is 11.2. The molecule has 0 spiro atoms. The van der Waals surface area contributed by atoms with E-state index >= 15 is 0 Å². The van der Waals surface area contributed by atoms with Gasteiger partial charge < -0.3 is 20.5 Å². The second-order valence-electron chi connectivity index (χ2n) is 4.72. The van der Waals surface area contributed by atoms with E-state index in [0.29, 0.717) is 18.8 Å². The number of aliphatic hydroxyl groups is 1. The summed E-state index contributed by atoms with van der Waals surface area (Å²) in [5.74, 6) is 0.434. The van der Waals surface area contributed by atoms with Crippen molar-refractivity contribution >= 4 is 17.3 Å². The molecule has 1 amide bonds. The maximum absolute atomic E-state index is 11.2. The molecular weight excluding hydrogens is 280 g/mol. The van der Waals surface area contributed by atoms with Crippen molar-refractivity contribution in [3.05, 3.63) is 54.1 Å². The Bertz CT molecular complexity index is 612. The molecular formula is C17H20N2O3. The number of ether oxygens (including phenoxy) is 1. The Kier molecular flexibility index (Phi) is 5.80. The summed E-state index contributed by atoms with van der Waals surface area (Å²) in [5, 5.41) is 14.6. The SMILES string of the molecule is CCOc1ccc(CNc2cccc(NC(=O)CO)c2)cc1. The third kappa shape index (κ3) is 4.79. The van der Waals surface area contributed by atoms with Crippen molar-refractivity contribution in [1.29, 1.82) is 0 Å². The summed E-state index contributed by atoms with van der Waals surface area (Å²) in [6.07, 6.45) is 0. The number of amides is 1. The zero-order valence-electron chi connectivity index (χ0n) is 12.5. The van der Waals surface area contributed by atoms with Crippen molar-refractivity contribution in [2.45, 2.75) is 13.5 Å². The number of anilines is 2. The molecule has 0 fully saturated rings. The minimum Gasteiger partial charge on any atom is -0.494 e. The molecule has 116 valence electrons. The lowest BCUT2D eigenvalue weighted by molar-refractivity contribution is -0.118. The zero-order chi connectivity index (χ0) is 15.8. The first kappa shape index (κ1) is 15.9. The topological polar surface area (TPSA) is 70.6 Å². The molecule has 0 radical (unpaired) electrons. The third-order valence-electron chi connectivity index (χ3n) is 3.02. The first-order valence-corrected chi connectivity index (χ1v) is 7.17. The van der Waals surface area contributed by atoms with Crippen LogP contribution < -0.4 is 15.4 Å². The Morgan fingerprint density at radius 1 is 1.14 bits per heavy atom. The fourth-order valence-corrected chi connectivity index (χ4v) is 1.98. The predicted molar refractivity (Wildman–Crippen MR) is 87.1 cm³/mol. The van der Waals surface area contributed by atoms with Crippen LogP contribution in [0, 0.1) is 0 Å². The average Bonchev–Trinajstić information content (AvgIpc) is 2.55. The quantitative estimate of drug-likeness (QED) is 0.735. The molecule has 5 heteroatoms. The van der Waals surface area contributed by atoms with Crippen molar-refractivity contribution in [2.75, 3.05) is 23.8 Å². The van der Waals surface area contributed by atoms with Gasteiger partial charge in [-0.1, -0.05) is 18.2 Å². The molecule has 2 rings (SSSR count). The van der Waals surface area contributed by atoms with Gasteiger partial charge in [0.15, 0.2) is 0 Å². The number of hydrogen-bond donors (Lipinski definition) is 3. The molecule has 0 aliphatic heterocycles. The van der Waals surface area contributed by atoms with Gasteiger partial charge in [0.1, 0.15) is 12.4 Å². The summed E-state index contributed by atoms with van der Waals surface area (Å²) >= 11 is 0. The lowest BCUT2D eigenvalue weighted by Gasteiger charge is -2.10. The molecule has 0 aliphatic carbocycles. The van der Waals surface area contributed by atoms with E-state index in [9.17, 15) is 4.79 Å². The van der Waals surface area contributed by atoms with Gasteiger partial charge in [-0.3, -0.25) is 4.79 Å². The molecule has 0 aliphatic rings. The summed E-state index contributed by atoms with van der Waals surface area (Å²) in [7, 11) is 0. The Balaban J connectivity index is 1.93. The second-order valence-corrected chi connectivity index (χ2v) is 4.72. The van der Waals surface area contributed by atoms with Crippen molar-refractivity contribution < 1.29 is 14.6 Å². The monoisotopic (exact) mass is 300 g/mol. The van der Waals surface area contributed by atoms with Crippen LogP contribution in [0.25, 0.3) is 0 Å². The van der Waals surface area contributed by atoms with Gasteiger partial charge in [-0.05, 0) is 42.8 Å². The average molecular weight is 300 g/mol. The van der Waals surface area contributed by atoms with Crippen molar-refractivity contribution in [1.82, 2.24) is 0 Å². The standard InChI is InChI=1S/C17H20N2O3/c1-2-22-16-8-6-13(7-9-16)11-18-14-4-3-5-15(10-14)19-17(21)12-20/h3-10,18,20H,2,11-12H2,1H3,(H,19,21). The Morgan fingerprint density at radius 3 is 2.55 bits per heavy atom. The number of hydrogen-bond acceptors (Lipinski definition) is 4. The Labute approximate surface area is 129 Å². The summed E-state index contributed by atoms with van der Waals surface area (Å²) in [4.78, 5) is 11.2. The van der Waals surface area contributed by atoms with E-state index in [4.69, 9.17) is 9.84 Å². The second kappa shape index (κ2) is 8.05. The van der Waals surface area contributed by atoms with E-state index in [1.807, 2.05) is 49.4 Å². The van der Waals surface area contributed by atoms with Crippen LogP contribution in [0.5, 0.6) is 5.75 Å². The van der Waals surface area contributed by atoms with Crippen molar-refractivity contribution in [2.24, 2.45) is 0 Å². The summed E-state index contributed by atoms with van der Waals surface area (Å²) < 4.78 is 5.41. The molecule has 0 bridgehead atoms. The smallest absolute Gasteiger partial charge is 0.250 e. The molecule has 0 aromatic heterocycles. The van der Waals surface area contributed by atoms with Crippen LogP contribution in [-0.2, 0) is 11.3 Å². The van der Waals surface area contributed by atoms with E-state index in [-0.39, 0.29) is 0 Å². The maximum Gasteiger partial charge on any atom is 0.250 e. The number of carbonyl (C=O) groups is 1. The highest BCUT2D eigenvalue weighted by Crippen LogP contribution is 2.17. The Morgan fingerprint density at radius 2 is 1.86 bits per heavy atom. The molecule has 3 N–H and O–H groups in total.